The predicted molar refractivity (Wildman–Crippen MR) is 93.3 cm³/mol. The summed E-state index contributed by atoms with van der Waals surface area (Å²) in [5, 5.41) is 7.29. The number of carbonyl (C=O) groups excluding carboxylic acids is 1. The van der Waals surface area contributed by atoms with Gasteiger partial charge in [-0.1, -0.05) is 5.16 Å². The molecule has 1 aromatic carbocycles. The molecule has 0 aliphatic carbocycles. The van der Waals surface area contributed by atoms with Crippen molar-refractivity contribution in [1.29, 1.82) is 0 Å². The van der Waals surface area contributed by atoms with E-state index < -0.39 is 0 Å². The molecule has 1 aliphatic heterocycles. The first-order valence-electron chi connectivity index (χ1n) is 8.73. The van der Waals surface area contributed by atoms with Gasteiger partial charge < -0.3 is 19.5 Å². The minimum atomic E-state index is 0.134. The van der Waals surface area contributed by atoms with Gasteiger partial charge in [0.25, 0.3) is 0 Å². The molecule has 0 bridgehead atoms. The second-order valence-electron chi connectivity index (χ2n) is 6.11. The van der Waals surface area contributed by atoms with Gasteiger partial charge in [-0.2, -0.15) is 4.98 Å². The van der Waals surface area contributed by atoms with Crippen molar-refractivity contribution in [3.63, 3.8) is 0 Å². The maximum Gasteiger partial charge on any atom is 0.227 e. The monoisotopic (exact) mass is 344 g/mol. The Bertz CT molecular complexity index is 699. The standard InChI is InChI=1S/C18H24N4O3/c1-3-24-15-6-4-14(5-7-15)18-20-16(25-21-18)8-9-17(23)22-11-10-19-12-13(22)2/h4-7,13,19H,3,8-12H2,1-2H3/t13-/m1/s1. The highest BCUT2D eigenvalue weighted by molar-refractivity contribution is 5.76. The van der Waals surface area contributed by atoms with Crippen LogP contribution in [0.15, 0.2) is 28.8 Å². The summed E-state index contributed by atoms with van der Waals surface area (Å²) in [6.07, 6.45) is 0.842. The van der Waals surface area contributed by atoms with Crippen molar-refractivity contribution < 1.29 is 14.1 Å². The lowest BCUT2D eigenvalue weighted by atomic mass is 10.2. The third-order valence-electron chi connectivity index (χ3n) is 4.27. The molecule has 0 spiro atoms. The summed E-state index contributed by atoms with van der Waals surface area (Å²) in [7, 11) is 0. The van der Waals surface area contributed by atoms with Crippen LogP contribution in [-0.2, 0) is 11.2 Å². The molecule has 1 atom stereocenters. The van der Waals surface area contributed by atoms with E-state index in [4.69, 9.17) is 9.26 Å². The van der Waals surface area contributed by atoms with E-state index in [-0.39, 0.29) is 11.9 Å². The zero-order chi connectivity index (χ0) is 17.6. The van der Waals surface area contributed by atoms with Gasteiger partial charge in [-0.15, -0.1) is 0 Å². The molecule has 25 heavy (non-hydrogen) atoms. The molecule has 7 heteroatoms. The Balaban J connectivity index is 1.57. The number of piperazine rings is 1. The van der Waals surface area contributed by atoms with Crippen LogP contribution in [0.2, 0.25) is 0 Å². The average molecular weight is 344 g/mol. The largest absolute Gasteiger partial charge is 0.494 e. The normalized spacial score (nSPS) is 17.5. The number of hydrogen-bond acceptors (Lipinski definition) is 6. The highest BCUT2D eigenvalue weighted by Gasteiger charge is 2.23. The number of carbonyl (C=O) groups is 1. The SMILES string of the molecule is CCOc1ccc(-c2noc(CCC(=O)N3CCNC[C@H]3C)n2)cc1. The fraction of sp³-hybridized carbons (Fsp3) is 0.500. The molecule has 1 N–H and O–H groups in total. The van der Waals surface area contributed by atoms with Crippen LogP contribution in [0.1, 0.15) is 26.2 Å². The summed E-state index contributed by atoms with van der Waals surface area (Å²) in [6.45, 7) is 7.07. The molecule has 3 rings (SSSR count). The Kier molecular flexibility index (Phi) is 5.65. The van der Waals surface area contributed by atoms with E-state index >= 15 is 0 Å². The molecule has 1 amide bonds. The molecule has 0 saturated carbocycles. The van der Waals surface area contributed by atoms with E-state index in [0.717, 1.165) is 30.9 Å². The molecule has 1 saturated heterocycles. The Hall–Kier alpha value is -2.41. The van der Waals surface area contributed by atoms with Crippen molar-refractivity contribution in [2.75, 3.05) is 26.2 Å². The molecule has 1 fully saturated rings. The van der Waals surface area contributed by atoms with Gasteiger partial charge in [0.15, 0.2) is 0 Å². The minimum absolute atomic E-state index is 0.134. The zero-order valence-corrected chi connectivity index (χ0v) is 14.7. The molecule has 1 aliphatic rings. The van der Waals surface area contributed by atoms with Crippen LogP contribution in [0.4, 0.5) is 0 Å². The fourth-order valence-electron chi connectivity index (χ4n) is 2.91. The lowest BCUT2D eigenvalue weighted by molar-refractivity contribution is -0.134. The Morgan fingerprint density at radius 1 is 1.40 bits per heavy atom. The average Bonchev–Trinajstić information content (AvgIpc) is 3.10. The van der Waals surface area contributed by atoms with Crippen molar-refractivity contribution in [2.45, 2.75) is 32.7 Å². The van der Waals surface area contributed by atoms with E-state index in [9.17, 15) is 4.79 Å². The molecule has 0 unspecified atom stereocenters. The number of amides is 1. The van der Waals surface area contributed by atoms with Crippen molar-refractivity contribution in [3.05, 3.63) is 30.2 Å². The molecular formula is C18H24N4O3. The Morgan fingerprint density at radius 2 is 2.20 bits per heavy atom. The zero-order valence-electron chi connectivity index (χ0n) is 14.7. The van der Waals surface area contributed by atoms with Crippen LogP contribution < -0.4 is 10.1 Å². The lowest BCUT2D eigenvalue weighted by Crippen LogP contribution is -2.52. The molecule has 7 nitrogen and oxygen atoms in total. The maximum absolute atomic E-state index is 12.4. The van der Waals surface area contributed by atoms with Gasteiger partial charge in [0.1, 0.15) is 5.75 Å². The topological polar surface area (TPSA) is 80.5 Å². The van der Waals surface area contributed by atoms with Crippen LogP contribution in [0, 0.1) is 0 Å². The highest BCUT2D eigenvalue weighted by Crippen LogP contribution is 2.20. The number of nitrogens with one attached hydrogen (secondary N) is 1. The summed E-state index contributed by atoms with van der Waals surface area (Å²) in [6, 6.07) is 7.78. The number of aromatic nitrogens is 2. The number of nitrogens with zero attached hydrogens (tertiary/aromatic N) is 3. The van der Waals surface area contributed by atoms with Gasteiger partial charge in [-0.25, -0.2) is 0 Å². The van der Waals surface area contributed by atoms with Crippen LogP contribution in [0.25, 0.3) is 11.4 Å². The van der Waals surface area contributed by atoms with E-state index in [0.29, 0.717) is 31.2 Å². The predicted octanol–water partition coefficient (Wildman–Crippen LogP) is 1.89. The Morgan fingerprint density at radius 3 is 2.92 bits per heavy atom. The molecule has 1 aromatic heterocycles. The number of benzene rings is 1. The third kappa shape index (κ3) is 4.36. The molecule has 2 aromatic rings. The first-order chi connectivity index (χ1) is 12.2. The first kappa shape index (κ1) is 17.4. The Labute approximate surface area is 147 Å². The minimum Gasteiger partial charge on any atom is -0.494 e. The smallest absolute Gasteiger partial charge is 0.227 e. The van der Waals surface area contributed by atoms with E-state index in [1.165, 1.54) is 0 Å². The number of aryl methyl sites for hydroxylation is 1. The quantitative estimate of drug-likeness (QED) is 0.862. The summed E-state index contributed by atoms with van der Waals surface area (Å²) in [4.78, 5) is 18.7. The van der Waals surface area contributed by atoms with Gasteiger partial charge in [-0.3, -0.25) is 4.79 Å². The van der Waals surface area contributed by atoms with Crippen molar-refractivity contribution in [1.82, 2.24) is 20.4 Å². The second-order valence-corrected chi connectivity index (χ2v) is 6.11. The van der Waals surface area contributed by atoms with Crippen LogP contribution in [0.3, 0.4) is 0 Å². The van der Waals surface area contributed by atoms with Crippen molar-refractivity contribution in [3.8, 4) is 17.1 Å². The van der Waals surface area contributed by atoms with Gasteiger partial charge in [0.05, 0.1) is 6.61 Å². The van der Waals surface area contributed by atoms with Crippen molar-refractivity contribution >= 4 is 5.91 Å². The summed E-state index contributed by atoms with van der Waals surface area (Å²) >= 11 is 0. The molecule has 134 valence electrons. The van der Waals surface area contributed by atoms with Gasteiger partial charge in [0.2, 0.25) is 17.6 Å². The second kappa shape index (κ2) is 8.11. The van der Waals surface area contributed by atoms with Crippen molar-refractivity contribution in [2.24, 2.45) is 0 Å². The maximum atomic E-state index is 12.4. The molecule has 0 radical (unpaired) electrons. The van der Waals surface area contributed by atoms with E-state index in [2.05, 4.69) is 22.4 Å². The van der Waals surface area contributed by atoms with Crippen LogP contribution >= 0.6 is 0 Å². The summed E-state index contributed by atoms with van der Waals surface area (Å²) in [5.74, 6) is 1.96. The summed E-state index contributed by atoms with van der Waals surface area (Å²) < 4.78 is 10.7. The van der Waals surface area contributed by atoms with E-state index in [1.54, 1.807) is 0 Å². The number of rotatable bonds is 6. The number of ether oxygens (including phenoxy) is 1. The van der Waals surface area contributed by atoms with Crippen LogP contribution in [-0.4, -0.2) is 53.2 Å². The molecular weight excluding hydrogens is 320 g/mol. The highest BCUT2D eigenvalue weighted by atomic mass is 16.5. The lowest BCUT2D eigenvalue weighted by Gasteiger charge is -2.34. The molecule has 2 heterocycles. The van der Waals surface area contributed by atoms with E-state index in [1.807, 2.05) is 36.1 Å². The van der Waals surface area contributed by atoms with Crippen LogP contribution in [0.5, 0.6) is 5.75 Å². The van der Waals surface area contributed by atoms with Gasteiger partial charge in [-0.05, 0) is 38.1 Å². The number of hydrogen-bond donors (Lipinski definition) is 1. The first-order valence-corrected chi connectivity index (χ1v) is 8.73. The third-order valence-corrected chi connectivity index (χ3v) is 4.27. The fourth-order valence-corrected chi connectivity index (χ4v) is 2.91. The van der Waals surface area contributed by atoms with Gasteiger partial charge in [0, 0.05) is 44.1 Å². The summed E-state index contributed by atoms with van der Waals surface area (Å²) in [5.41, 5.74) is 0.862. The van der Waals surface area contributed by atoms with Gasteiger partial charge >= 0.3 is 0 Å².